The Morgan fingerprint density at radius 1 is 0.933 bits per heavy atom. The minimum Gasteiger partial charge on any atom is -0.443 e. The molecule has 1 aliphatic rings. The van der Waals surface area contributed by atoms with Crippen molar-refractivity contribution >= 4 is 93.0 Å². The Kier molecular flexibility index (Phi) is 10.9. The monoisotopic (exact) mass is 713 g/mol. The molecule has 8 nitrogen and oxygen atoms in total. The molecule has 45 heavy (non-hydrogen) atoms. The van der Waals surface area contributed by atoms with E-state index >= 15 is 0 Å². The third-order valence-corrected chi connectivity index (χ3v) is 8.67. The fourth-order valence-corrected chi connectivity index (χ4v) is 6.36. The first-order valence-electron chi connectivity index (χ1n) is 13.9. The van der Waals surface area contributed by atoms with Gasteiger partial charge in [0.15, 0.2) is 0 Å². The van der Waals surface area contributed by atoms with E-state index < -0.39 is 39.7 Å². The minimum absolute atomic E-state index is 0.130. The lowest BCUT2D eigenvalue weighted by molar-refractivity contribution is -0.117. The molecule has 3 aromatic carbocycles. The van der Waals surface area contributed by atoms with Crippen LogP contribution in [0.3, 0.4) is 0 Å². The maximum absolute atomic E-state index is 13.3. The van der Waals surface area contributed by atoms with Crippen LogP contribution in [0.2, 0.25) is 15.1 Å². The van der Waals surface area contributed by atoms with E-state index in [0.717, 1.165) is 0 Å². The largest absolute Gasteiger partial charge is 0.443 e. The first kappa shape index (κ1) is 35.1. The third kappa shape index (κ3) is 8.56. The summed E-state index contributed by atoms with van der Waals surface area (Å²) in [5, 5.41) is 6.61. The van der Waals surface area contributed by atoms with Gasteiger partial charge in [-0.25, -0.2) is 4.79 Å². The number of methoxy groups -OCH3 is 1. The molecule has 2 unspecified atom stereocenters. The summed E-state index contributed by atoms with van der Waals surface area (Å²) in [6.45, 7) is 7.74. The first-order valence-corrected chi connectivity index (χ1v) is 15.8. The molecule has 4 rings (SSSR count). The van der Waals surface area contributed by atoms with Gasteiger partial charge < -0.3 is 20.1 Å². The molecule has 0 aliphatic heterocycles. The highest BCUT2D eigenvalue weighted by Gasteiger charge is 2.67. The summed E-state index contributed by atoms with van der Waals surface area (Å²) in [6, 6.07) is 14.6. The lowest BCUT2D eigenvalue weighted by atomic mass is 10.1. The van der Waals surface area contributed by atoms with Crippen molar-refractivity contribution in [2.24, 2.45) is 5.92 Å². The molecule has 3 aromatic rings. The number of ether oxygens (including phenoxy) is 2. The number of hydrogen-bond acceptors (Lipinski definition) is 5. The number of aryl methyl sites for hydroxylation is 1. The minimum atomic E-state index is -1.36. The zero-order valence-corrected chi connectivity index (χ0v) is 28.9. The van der Waals surface area contributed by atoms with E-state index in [1.165, 1.54) is 17.0 Å². The predicted octanol–water partition coefficient (Wildman–Crippen LogP) is 9.12. The number of rotatable bonds is 9. The van der Waals surface area contributed by atoms with Gasteiger partial charge in [-0.2, -0.15) is 0 Å². The van der Waals surface area contributed by atoms with Gasteiger partial charge in [0.1, 0.15) is 9.93 Å². The summed E-state index contributed by atoms with van der Waals surface area (Å²) in [5.41, 5.74) is 2.18. The summed E-state index contributed by atoms with van der Waals surface area (Å²) >= 11 is 31.6. The molecule has 1 aliphatic carbocycles. The quantitative estimate of drug-likeness (QED) is 0.216. The summed E-state index contributed by atoms with van der Waals surface area (Å²) in [4.78, 5) is 40.9. The predicted molar refractivity (Wildman–Crippen MR) is 182 cm³/mol. The normalized spacial score (nSPS) is 16.9. The summed E-state index contributed by atoms with van der Waals surface area (Å²) in [7, 11) is 1.55. The molecular formula is C32H32Cl5N3O5. The van der Waals surface area contributed by atoms with E-state index in [9.17, 15) is 14.4 Å². The summed E-state index contributed by atoms with van der Waals surface area (Å²) in [5.74, 6) is -2.26. The molecule has 2 atom stereocenters. The van der Waals surface area contributed by atoms with Gasteiger partial charge in [-0.15, -0.1) is 23.2 Å². The van der Waals surface area contributed by atoms with E-state index in [1.807, 2.05) is 0 Å². The molecule has 0 radical (unpaired) electrons. The van der Waals surface area contributed by atoms with Gasteiger partial charge in [0, 0.05) is 40.1 Å². The van der Waals surface area contributed by atoms with Gasteiger partial charge in [0.2, 0.25) is 5.91 Å². The summed E-state index contributed by atoms with van der Waals surface area (Å²) < 4.78 is 9.36. The zero-order valence-electron chi connectivity index (χ0n) is 25.1. The zero-order chi connectivity index (χ0) is 33.3. The first-order chi connectivity index (χ1) is 21.0. The molecule has 0 bridgehead atoms. The van der Waals surface area contributed by atoms with Gasteiger partial charge in [0.05, 0.1) is 29.7 Å². The second-order valence-electron chi connectivity index (χ2n) is 11.6. The van der Waals surface area contributed by atoms with Crippen molar-refractivity contribution in [3.8, 4) is 0 Å². The van der Waals surface area contributed by atoms with Crippen LogP contribution in [-0.4, -0.2) is 48.1 Å². The number of anilines is 3. The smallest absolute Gasteiger partial charge is 0.414 e. The Morgan fingerprint density at radius 2 is 1.60 bits per heavy atom. The molecule has 0 aromatic heterocycles. The lowest BCUT2D eigenvalue weighted by Gasteiger charge is -2.27. The number of alkyl halides is 2. The van der Waals surface area contributed by atoms with Gasteiger partial charge >= 0.3 is 6.09 Å². The van der Waals surface area contributed by atoms with Crippen LogP contribution < -0.4 is 15.5 Å². The number of nitrogens with one attached hydrogen (secondary N) is 2. The Balaban J connectivity index is 1.48. The van der Waals surface area contributed by atoms with Gasteiger partial charge in [0.25, 0.3) is 5.91 Å². The van der Waals surface area contributed by atoms with Crippen LogP contribution >= 0.6 is 58.0 Å². The Hall–Kier alpha value is -2.72. The van der Waals surface area contributed by atoms with Crippen LogP contribution in [0.1, 0.15) is 48.2 Å². The molecule has 0 spiro atoms. The highest BCUT2D eigenvalue weighted by molar-refractivity contribution is 6.53. The van der Waals surface area contributed by atoms with Crippen molar-refractivity contribution in [2.75, 3.05) is 35.8 Å². The summed E-state index contributed by atoms with van der Waals surface area (Å²) in [6.07, 6.45) is -0.518. The molecular weight excluding hydrogens is 684 g/mol. The molecule has 2 N–H and O–H groups in total. The average Bonchev–Trinajstić information content (AvgIpc) is 3.51. The molecule has 1 fully saturated rings. The van der Waals surface area contributed by atoms with E-state index in [0.29, 0.717) is 44.8 Å². The molecule has 0 heterocycles. The number of carbonyl (C=O) groups is 3. The second-order valence-corrected chi connectivity index (χ2v) is 14.3. The van der Waals surface area contributed by atoms with Gasteiger partial charge in [-0.1, -0.05) is 34.8 Å². The van der Waals surface area contributed by atoms with E-state index in [2.05, 4.69) is 10.6 Å². The Bertz CT molecular complexity index is 1600. The van der Waals surface area contributed by atoms with Crippen LogP contribution in [0, 0.1) is 12.8 Å². The van der Waals surface area contributed by atoms with Crippen molar-refractivity contribution < 1.29 is 23.9 Å². The fourth-order valence-electron chi connectivity index (χ4n) is 4.79. The maximum Gasteiger partial charge on any atom is 0.414 e. The van der Waals surface area contributed by atoms with E-state index in [4.69, 9.17) is 67.5 Å². The molecule has 0 saturated heterocycles. The molecule has 240 valence electrons. The van der Waals surface area contributed by atoms with Crippen molar-refractivity contribution in [3.63, 3.8) is 0 Å². The van der Waals surface area contributed by atoms with Crippen molar-refractivity contribution in [1.82, 2.24) is 0 Å². The van der Waals surface area contributed by atoms with Crippen molar-refractivity contribution in [2.45, 2.75) is 43.5 Å². The Morgan fingerprint density at radius 3 is 2.20 bits per heavy atom. The number of hydrogen-bond donors (Lipinski definition) is 2. The van der Waals surface area contributed by atoms with Gasteiger partial charge in [-0.3, -0.25) is 14.5 Å². The lowest BCUT2D eigenvalue weighted by Crippen LogP contribution is -2.38. The average molecular weight is 716 g/mol. The third-order valence-electron chi connectivity index (χ3n) is 6.96. The van der Waals surface area contributed by atoms with Gasteiger partial charge in [-0.05, 0) is 93.4 Å². The Labute approximate surface area is 287 Å². The van der Waals surface area contributed by atoms with E-state index in [1.54, 1.807) is 77.3 Å². The van der Waals surface area contributed by atoms with Crippen LogP contribution in [0.15, 0.2) is 54.6 Å². The van der Waals surface area contributed by atoms with Crippen molar-refractivity contribution in [1.29, 1.82) is 0 Å². The van der Waals surface area contributed by atoms with Crippen LogP contribution in [-0.2, 0) is 14.3 Å². The number of nitrogens with zero attached hydrogens (tertiary/aromatic N) is 1. The maximum atomic E-state index is 13.3. The topological polar surface area (TPSA) is 97.0 Å². The van der Waals surface area contributed by atoms with E-state index in [-0.39, 0.29) is 17.1 Å². The standard InChI is InChI=1S/C32H32Cl5N3O5/c1-17-12-22(40(10-11-44-5)30(43)45-31(2,3)4)7-9-25(17)39-28(41)23-16-21(6-8-24(23)35)38-29(42)27-26(32(27,36)37)18-13-19(33)15-20(34)14-18/h6-9,12-16,26-27H,10-11H2,1-5H3,(H,38,42)(H,39,41). The number of amides is 3. The number of halogens is 5. The van der Waals surface area contributed by atoms with Crippen molar-refractivity contribution in [3.05, 3.63) is 86.4 Å². The molecule has 1 saturated carbocycles. The highest BCUT2D eigenvalue weighted by atomic mass is 35.5. The number of carbonyl (C=O) groups excluding carboxylic acids is 3. The number of benzene rings is 3. The SMILES string of the molecule is COCCN(C(=O)OC(C)(C)C)c1ccc(NC(=O)c2cc(NC(=O)C3C(c4cc(Cl)cc(Cl)c4)C3(Cl)Cl)ccc2Cl)c(C)c1. The van der Waals surface area contributed by atoms with Crippen LogP contribution in [0.25, 0.3) is 0 Å². The molecule has 3 amide bonds. The highest BCUT2D eigenvalue weighted by Crippen LogP contribution is 2.65. The fraction of sp³-hybridized carbons (Fsp3) is 0.344. The van der Waals surface area contributed by atoms with Crippen LogP contribution in [0.5, 0.6) is 0 Å². The van der Waals surface area contributed by atoms with Crippen LogP contribution in [0.4, 0.5) is 21.9 Å². The second kappa shape index (κ2) is 14.0. The molecule has 13 heteroatoms.